The highest BCUT2D eigenvalue weighted by atomic mass is 16.5. The number of hydrogen-bond donors (Lipinski definition) is 0. The Balaban J connectivity index is 3.42. The lowest BCUT2D eigenvalue weighted by Gasteiger charge is -2.17. The quantitative estimate of drug-likeness (QED) is 0.760. The molecule has 0 saturated heterocycles. The van der Waals surface area contributed by atoms with Crippen LogP contribution in [-0.4, -0.2) is 33.8 Å². The molecule has 0 radical (unpaired) electrons. The summed E-state index contributed by atoms with van der Waals surface area (Å²) in [5, 5.41) is 9.10. The van der Waals surface area contributed by atoms with E-state index in [0.29, 0.717) is 23.6 Å². The molecule has 0 aliphatic rings. The fraction of sp³-hybridized carbons (Fsp3) is 0.385. The molecule has 0 saturated carbocycles. The molecule has 0 heterocycles. The standard InChI is InChI=1S/C13H16N2O3/c1-5-18-12-7-11(15(2)3)9(8-14)6-10(12)13(16)17-4/h6-7H,5H2,1-4H3. The van der Waals surface area contributed by atoms with Crippen molar-refractivity contribution in [3.05, 3.63) is 23.3 Å². The molecule has 5 nitrogen and oxygen atoms in total. The van der Waals surface area contributed by atoms with E-state index in [4.69, 9.17) is 10.00 Å². The van der Waals surface area contributed by atoms with Gasteiger partial charge in [-0.25, -0.2) is 4.79 Å². The van der Waals surface area contributed by atoms with Gasteiger partial charge in [0.25, 0.3) is 0 Å². The van der Waals surface area contributed by atoms with Gasteiger partial charge in [0.05, 0.1) is 25.0 Å². The van der Waals surface area contributed by atoms with Crippen molar-refractivity contribution in [2.24, 2.45) is 0 Å². The minimum absolute atomic E-state index is 0.265. The van der Waals surface area contributed by atoms with Crippen LogP contribution >= 0.6 is 0 Å². The first-order valence-corrected chi connectivity index (χ1v) is 5.51. The van der Waals surface area contributed by atoms with Crippen LogP contribution in [0.15, 0.2) is 12.1 Å². The first kappa shape index (κ1) is 13.8. The summed E-state index contributed by atoms with van der Waals surface area (Å²) in [6, 6.07) is 5.23. The van der Waals surface area contributed by atoms with Crippen molar-refractivity contribution in [3.63, 3.8) is 0 Å². The van der Waals surface area contributed by atoms with E-state index in [1.807, 2.05) is 21.0 Å². The highest BCUT2D eigenvalue weighted by Crippen LogP contribution is 2.29. The van der Waals surface area contributed by atoms with E-state index >= 15 is 0 Å². The average molecular weight is 248 g/mol. The molecule has 0 aliphatic carbocycles. The summed E-state index contributed by atoms with van der Waals surface area (Å²) in [5.74, 6) is -0.0905. The number of methoxy groups -OCH3 is 1. The topological polar surface area (TPSA) is 62.6 Å². The van der Waals surface area contributed by atoms with Crippen LogP contribution in [0.3, 0.4) is 0 Å². The molecule has 0 N–H and O–H groups in total. The van der Waals surface area contributed by atoms with E-state index < -0.39 is 5.97 Å². The second kappa shape index (κ2) is 5.92. The highest BCUT2D eigenvalue weighted by Gasteiger charge is 2.18. The summed E-state index contributed by atoms with van der Waals surface area (Å²) < 4.78 is 10.1. The van der Waals surface area contributed by atoms with Gasteiger partial charge in [-0.2, -0.15) is 5.26 Å². The van der Waals surface area contributed by atoms with E-state index in [2.05, 4.69) is 10.8 Å². The van der Waals surface area contributed by atoms with Gasteiger partial charge in [0.2, 0.25) is 0 Å². The molecule has 0 amide bonds. The van der Waals surface area contributed by atoms with Crippen molar-refractivity contribution < 1.29 is 14.3 Å². The lowest BCUT2D eigenvalue weighted by molar-refractivity contribution is 0.0596. The largest absolute Gasteiger partial charge is 0.493 e. The van der Waals surface area contributed by atoms with Crippen molar-refractivity contribution in [3.8, 4) is 11.8 Å². The predicted molar refractivity (Wildman–Crippen MR) is 68.0 cm³/mol. The Bertz CT molecular complexity index is 490. The molecule has 1 aromatic carbocycles. The first-order valence-electron chi connectivity index (χ1n) is 5.51. The minimum Gasteiger partial charge on any atom is -0.493 e. The third-order valence-corrected chi connectivity index (χ3v) is 2.41. The smallest absolute Gasteiger partial charge is 0.341 e. The molecule has 96 valence electrons. The molecule has 0 atom stereocenters. The number of nitrogens with zero attached hydrogens (tertiary/aromatic N) is 2. The van der Waals surface area contributed by atoms with Gasteiger partial charge in [0.15, 0.2) is 0 Å². The van der Waals surface area contributed by atoms with Gasteiger partial charge < -0.3 is 14.4 Å². The van der Waals surface area contributed by atoms with Gasteiger partial charge in [-0.05, 0) is 13.0 Å². The number of nitriles is 1. The van der Waals surface area contributed by atoms with Crippen LogP contribution in [0.2, 0.25) is 0 Å². The SMILES string of the molecule is CCOc1cc(N(C)C)c(C#N)cc1C(=O)OC. The van der Waals surface area contributed by atoms with Crippen LogP contribution in [0, 0.1) is 11.3 Å². The van der Waals surface area contributed by atoms with Crippen molar-refractivity contribution in [1.29, 1.82) is 5.26 Å². The summed E-state index contributed by atoms with van der Waals surface area (Å²) in [6.07, 6.45) is 0. The zero-order valence-corrected chi connectivity index (χ0v) is 11.0. The molecule has 0 aliphatic heterocycles. The lowest BCUT2D eigenvalue weighted by atomic mass is 10.1. The Morgan fingerprint density at radius 1 is 1.44 bits per heavy atom. The maximum atomic E-state index is 11.6. The second-order valence-electron chi connectivity index (χ2n) is 3.80. The van der Waals surface area contributed by atoms with Crippen molar-refractivity contribution >= 4 is 11.7 Å². The van der Waals surface area contributed by atoms with Crippen LogP contribution in [0.5, 0.6) is 5.75 Å². The fourth-order valence-corrected chi connectivity index (χ4v) is 1.57. The molecule has 0 fully saturated rings. The van der Waals surface area contributed by atoms with Gasteiger partial charge in [0, 0.05) is 20.2 Å². The number of hydrogen-bond acceptors (Lipinski definition) is 5. The molecule has 1 rings (SSSR count). The van der Waals surface area contributed by atoms with E-state index in [0.717, 1.165) is 0 Å². The normalized spacial score (nSPS) is 9.50. The van der Waals surface area contributed by atoms with E-state index in [1.54, 1.807) is 11.0 Å². The minimum atomic E-state index is -0.514. The van der Waals surface area contributed by atoms with Crippen molar-refractivity contribution in [1.82, 2.24) is 0 Å². The Morgan fingerprint density at radius 2 is 2.11 bits per heavy atom. The van der Waals surface area contributed by atoms with Gasteiger partial charge in [-0.15, -0.1) is 0 Å². The number of anilines is 1. The van der Waals surface area contributed by atoms with Crippen LogP contribution in [0.25, 0.3) is 0 Å². The number of rotatable bonds is 4. The molecule has 0 unspecified atom stereocenters. The Morgan fingerprint density at radius 3 is 2.56 bits per heavy atom. The van der Waals surface area contributed by atoms with Crippen LogP contribution in [-0.2, 0) is 4.74 Å². The van der Waals surface area contributed by atoms with Gasteiger partial charge in [-0.1, -0.05) is 0 Å². The number of ether oxygens (including phenoxy) is 2. The third-order valence-electron chi connectivity index (χ3n) is 2.41. The predicted octanol–water partition coefficient (Wildman–Crippen LogP) is 1.81. The molecule has 5 heteroatoms. The summed E-state index contributed by atoms with van der Waals surface area (Å²) in [6.45, 7) is 2.26. The van der Waals surface area contributed by atoms with Crippen LogP contribution < -0.4 is 9.64 Å². The Labute approximate surface area is 107 Å². The zero-order valence-electron chi connectivity index (χ0n) is 11.0. The van der Waals surface area contributed by atoms with Gasteiger partial charge in [-0.3, -0.25) is 0 Å². The van der Waals surface area contributed by atoms with Gasteiger partial charge in [0.1, 0.15) is 17.4 Å². The highest BCUT2D eigenvalue weighted by molar-refractivity contribution is 5.94. The zero-order chi connectivity index (χ0) is 13.7. The molecule has 18 heavy (non-hydrogen) atoms. The molecular weight excluding hydrogens is 232 g/mol. The second-order valence-corrected chi connectivity index (χ2v) is 3.80. The summed E-state index contributed by atoms with van der Waals surface area (Å²) >= 11 is 0. The van der Waals surface area contributed by atoms with E-state index in [1.165, 1.54) is 13.2 Å². The van der Waals surface area contributed by atoms with Gasteiger partial charge >= 0.3 is 5.97 Å². The van der Waals surface area contributed by atoms with Crippen molar-refractivity contribution in [2.75, 3.05) is 32.7 Å². The number of carbonyl (C=O) groups excluding carboxylic acids is 1. The third kappa shape index (κ3) is 2.72. The lowest BCUT2D eigenvalue weighted by Crippen LogP contribution is -2.13. The van der Waals surface area contributed by atoms with E-state index in [-0.39, 0.29) is 5.56 Å². The number of benzene rings is 1. The Kier molecular flexibility index (Phi) is 4.55. The summed E-state index contributed by atoms with van der Waals surface area (Å²) in [5.41, 5.74) is 1.37. The first-order chi connectivity index (χ1) is 8.54. The fourth-order valence-electron chi connectivity index (χ4n) is 1.57. The molecule has 0 aromatic heterocycles. The summed E-state index contributed by atoms with van der Waals surface area (Å²) in [4.78, 5) is 13.4. The Hall–Kier alpha value is -2.22. The molecule has 1 aromatic rings. The maximum absolute atomic E-state index is 11.6. The number of carbonyl (C=O) groups is 1. The maximum Gasteiger partial charge on any atom is 0.341 e. The summed E-state index contributed by atoms with van der Waals surface area (Å²) in [7, 11) is 4.94. The molecule has 0 spiro atoms. The van der Waals surface area contributed by atoms with E-state index in [9.17, 15) is 4.79 Å². The number of esters is 1. The monoisotopic (exact) mass is 248 g/mol. The van der Waals surface area contributed by atoms with Crippen LogP contribution in [0.4, 0.5) is 5.69 Å². The molecule has 0 bridgehead atoms. The molecular formula is C13H16N2O3. The van der Waals surface area contributed by atoms with Crippen LogP contribution in [0.1, 0.15) is 22.8 Å². The van der Waals surface area contributed by atoms with Crippen molar-refractivity contribution in [2.45, 2.75) is 6.92 Å². The average Bonchev–Trinajstić information content (AvgIpc) is 2.37.